The van der Waals surface area contributed by atoms with E-state index in [9.17, 15) is 23.2 Å². The molecule has 0 fully saturated rings. The van der Waals surface area contributed by atoms with Crippen LogP contribution in [0.4, 0.5) is 18.9 Å². The second kappa shape index (κ2) is 8.58. The number of ether oxygens (including phenoxy) is 1. The normalized spacial score (nSPS) is 13.2. The number of halogens is 3. The van der Waals surface area contributed by atoms with Crippen LogP contribution in [0.15, 0.2) is 54.7 Å². The fraction of sp³-hybridized carbons (Fsp3) is 0.240. The third-order valence-corrected chi connectivity index (χ3v) is 5.59. The Labute approximate surface area is 189 Å². The number of nitrogens with zero attached hydrogens (tertiary/aromatic N) is 3. The molecule has 5 nitrogen and oxygen atoms in total. The highest BCUT2D eigenvalue weighted by Crippen LogP contribution is 2.38. The van der Waals surface area contributed by atoms with Gasteiger partial charge in [0, 0.05) is 34.6 Å². The second-order valence-electron chi connectivity index (χ2n) is 8.20. The van der Waals surface area contributed by atoms with Gasteiger partial charge in [-0.05, 0) is 49.7 Å². The summed E-state index contributed by atoms with van der Waals surface area (Å²) in [5, 5.41) is 9.34. The van der Waals surface area contributed by atoms with Gasteiger partial charge in [-0.2, -0.15) is 5.26 Å². The molecule has 2 heterocycles. The minimum atomic E-state index is -2.72. The summed E-state index contributed by atoms with van der Waals surface area (Å²) in [6, 6.07) is 14.6. The number of carbonyl (C=O) groups is 1. The molecule has 0 bridgehead atoms. The number of alkyl halides is 2. The van der Waals surface area contributed by atoms with E-state index in [0.717, 1.165) is 11.6 Å². The first-order chi connectivity index (χ1) is 15.7. The molecule has 1 aromatic heterocycles. The maximum Gasteiger partial charge on any atom is 0.272 e. The van der Waals surface area contributed by atoms with E-state index in [1.165, 1.54) is 18.3 Å². The Morgan fingerprint density at radius 3 is 2.55 bits per heavy atom. The minimum absolute atomic E-state index is 0.0646. The fourth-order valence-corrected chi connectivity index (χ4v) is 3.76. The van der Waals surface area contributed by atoms with Crippen LogP contribution in [0, 0.1) is 17.1 Å². The Balaban J connectivity index is 1.70. The highest BCUT2D eigenvalue weighted by atomic mass is 19.3. The lowest BCUT2D eigenvalue weighted by atomic mass is 9.86. The molecule has 1 amide bonds. The monoisotopic (exact) mass is 451 g/mol. The second-order valence-corrected chi connectivity index (χ2v) is 8.20. The Hall–Kier alpha value is -3.86. The average Bonchev–Trinajstić information content (AvgIpc) is 3.14. The van der Waals surface area contributed by atoms with Crippen molar-refractivity contribution in [3.05, 3.63) is 77.2 Å². The van der Waals surface area contributed by atoms with Gasteiger partial charge >= 0.3 is 0 Å². The molecule has 33 heavy (non-hydrogen) atoms. The number of anilines is 1. The Kier molecular flexibility index (Phi) is 5.81. The van der Waals surface area contributed by atoms with Crippen molar-refractivity contribution in [2.24, 2.45) is 0 Å². The van der Waals surface area contributed by atoms with Gasteiger partial charge in [-0.15, -0.1) is 0 Å². The molecule has 168 valence electrons. The van der Waals surface area contributed by atoms with E-state index in [2.05, 4.69) is 11.1 Å². The number of pyridine rings is 1. The number of aromatic nitrogens is 1. The molecular weight excluding hydrogens is 431 g/mol. The third-order valence-electron chi connectivity index (χ3n) is 5.59. The maximum absolute atomic E-state index is 13.8. The molecule has 0 saturated carbocycles. The highest BCUT2D eigenvalue weighted by Gasteiger charge is 2.32. The molecule has 1 aliphatic heterocycles. The average molecular weight is 451 g/mol. The highest BCUT2D eigenvalue weighted by molar-refractivity contribution is 6.11. The maximum atomic E-state index is 13.8. The number of nitriles is 1. The first-order valence-corrected chi connectivity index (χ1v) is 10.2. The zero-order chi connectivity index (χ0) is 23.8. The van der Waals surface area contributed by atoms with E-state index in [1.54, 1.807) is 23.1 Å². The lowest BCUT2D eigenvalue weighted by molar-refractivity contribution is 0.0820. The first-order valence-electron chi connectivity index (χ1n) is 10.2. The van der Waals surface area contributed by atoms with E-state index in [4.69, 9.17) is 4.74 Å². The van der Waals surface area contributed by atoms with Crippen LogP contribution in [0.2, 0.25) is 0 Å². The minimum Gasteiger partial charge on any atom is -0.487 e. The Bertz CT molecular complexity index is 1250. The van der Waals surface area contributed by atoms with Gasteiger partial charge in [-0.25, -0.2) is 13.2 Å². The van der Waals surface area contributed by atoms with Gasteiger partial charge in [0.15, 0.2) is 0 Å². The van der Waals surface area contributed by atoms with Crippen molar-refractivity contribution in [1.29, 1.82) is 5.26 Å². The molecule has 2 aromatic carbocycles. The molecule has 3 aromatic rings. The zero-order valence-corrected chi connectivity index (χ0v) is 18.0. The van der Waals surface area contributed by atoms with Gasteiger partial charge in [-0.1, -0.05) is 12.1 Å². The molecule has 1 aliphatic rings. The summed E-state index contributed by atoms with van der Waals surface area (Å²) in [6.07, 6.45) is -1.27. The molecule has 0 spiro atoms. The van der Waals surface area contributed by atoms with Crippen LogP contribution in [-0.2, 0) is 12.0 Å². The predicted octanol–water partition coefficient (Wildman–Crippen LogP) is 5.49. The number of amides is 1. The number of fused-ring (bicyclic) bond motifs is 1. The van der Waals surface area contributed by atoms with Crippen molar-refractivity contribution in [2.75, 3.05) is 11.5 Å². The van der Waals surface area contributed by atoms with Crippen molar-refractivity contribution in [3.63, 3.8) is 0 Å². The summed E-state index contributed by atoms with van der Waals surface area (Å²) < 4.78 is 44.3. The molecule has 0 radical (unpaired) electrons. The van der Waals surface area contributed by atoms with Crippen LogP contribution < -0.4 is 9.64 Å². The summed E-state index contributed by atoms with van der Waals surface area (Å²) >= 11 is 0. The Morgan fingerprint density at radius 1 is 1.15 bits per heavy atom. The van der Waals surface area contributed by atoms with E-state index < -0.39 is 24.3 Å². The summed E-state index contributed by atoms with van der Waals surface area (Å²) in [7, 11) is 0. The largest absolute Gasteiger partial charge is 0.487 e. The van der Waals surface area contributed by atoms with Gasteiger partial charge < -0.3 is 9.64 Å². The number of benzene rings is 2. The van der Waals surface area contributed by atoms with Gasteiger partial charge in [-0.3, -0.25) is 9.78 Å². The van der Waals surface area contributed by atoms with E-state index in [-0.39, 0.29) is 18.2 Å². The number of hydrogen-bond acceptors (Lipinski definition) is 4. The van der Waals surface area contributed by atoms with Crippen LogP contribution in [0.5, 0.6) is 5.75 Å². The lowest BCUT2D eigenvalue weighted by Crippen LogP contribution is -2.23. The van der Waals surface area contributed by atoms with Crippen LogP contribution in [0.1, 0.15) is 35.3 Å². The van der Waals surface area contributed by atoms with Crippen molar-refractivity contribution in [3.8, 4) is 23.1 Å². The molecule has 0 atom stereocenters. The molecule has 0 N–H and O–H groups in total. The van der Waals surface area contributed by atoms with Crippen LogP contribution >= 0.6 is 0 Å². The van der Waals surface area contributed by atoms with Crippen LogP contribution in [-0.4, -0.2) is 23.9 Å². The molecule has 4 rings (SSSR count). The van der Waals surface area contributed by atoms with E-state index in [1.807, 2.05) is 26.0 Å². The van der Waals surface area contributed by atoms with E-state index >= 15 is 0 Å². The lowest BCUT2D eigenvalue weighted by Gasteiger charge is -2.19. The number of hydrogen-bond donors (Lipinski definition) is 0. The number of carbonyl (C=O) groups excluding carboxylic acids is 1. The van der Waals surface area contributed by atoms with Crippen molar-refractivity contribution >= 4 is 11.6 Å². The van der Waals surface area contributed by atoms with Crippen LogP contribution in [0.3, 0.4) is 0 Å². The summed E-state index contributed by atoms with van der Waals surface area (Å²) in [5.41, 5.74) is 2.53. The molecule has 0 aliphatic carbocycles. The Morgan fingerprint density at radius 2 is 1.88 bits per heavy atom. The molecule has 0 unspecified atom stereocenters. The standard InChI is InChI=1S/C25H20F3N3O2/c1-25(2,14-29)15-3-6-17(7-4-15)31-12-20-18(24(31)32)9-10-30-23(20)19-8-5-16(26)11-21(19)33-13-22(27)28/h3-11,22H,12-13H2,1-2H3. The molecular formula is C25H20F3N3O2. The smallest absolute Gasteiger partial charge is 0.272 e. The first kappa shape index (κ1) is 22.3. The molecule has 0 saturated heterocycles. The van der Waals surface area contributed by atoms with Crippen molar-refractivity contribution < 1.29 is 22.7 Å². The quantitative estimate of drug-likeness (QED) is 0.497. The molecule has 8 heteroatoms. The van der Waals surface area contributed by atoms with Gasteiger partial charge in [0.1, 0.15) is 18.2 Å². The summed E-state index contributed by atoms with van der Waals surface area (Å²) in [6.45, 7) is 2.94. The topological polar surface area (TPSA) is 66.2 Å². The van der Waals surface area contributed by atoms with Crippen molar-refractivity contribution in [2.45, 2.75) is 32.2 Å². The fourth-order valence-electron chi connectivity index (χ4n) is 3.76. The predicted molar refractivity (Wildman–Crippen MR) is 117 cm³/mol. The van der Waals surface area contributed by atoms with Gasteiger partial charge in [0.25, 0.3) is 12.3 Å². The third kappa shape index (κ3) is 4.27. The van der Waals surface area contributed by atoms with Crippen LogP contribution in [0.25, 0.3) is 11.3 Å². The van der Waals surface area contributed by atoms with E-state index in [0.29, 0.717) is 28.1 Å². The van der Waals surface area contributed by atoms with Crippen molar-refractivity contribution in [1.82, 2.24) is 4.98 Å². The summed E-state index contributed by atoms with van der Waals surface area (Å²) in [5.74, 6) is -0.933. The van der Waals surface area contributed by atoms with Gasteiger partial charge in [0.05, 0.1) is 23.7 Å². The number of rotatable bonds is 6. The zero-order valence-electron chi connectivity index (χ0n) is 18.0. The SMILES string of the molecule is CC(C)(C#N)c1ccc(N2Cc3c(ccnc3-c3ccc(F)cc3OCC(F)F)C2=O)cc1. The van der Waals surface area contributed by atoms with Gasteiger partial charge in [0.2, 0.25) is 0 Å². The summed E-state index contributed by atoms with van der Waals surface area (Å²) in [4.78, 5) is 19.1.